The van der Waals surface area contributed by atoms with Crippen LogP contribution in [-0.4, -0.2) is 34.9 Å². The van der Waals surface area contributed by atoms with Crippen LogP contribution in [0.5, 0.6) is 0 Å². The molecular formula is C24H25N5O3S. The summed E-state index contributed by atoms with van der Waals surface area (Å²) in [5.41, 5.74) is 1.70. The molecule has 9 heteroatoms. The van der Waals surface area contributed by atoms with Crippen molar-refractivity contribution >= 4 is 50.8 Å². The zero-order chi connectivity index (χ0) is 23.5. The van der Waals surface area contributed by atoms with Crippen LogP contribution in [-0.2, 0) is 4.79 Å². The van der Waals surface area contributed by atoms with E-state index >= 15 is 0 Å². The fourth-order valence-electron chi connectivity index (χ4n) is 4.21. The lowest BCUT2D eigenvalue weighted by molar-refractivity contribution is -0.117. The number of nitrogens with zero attached hydrogens (tertiary/aromatic N) is 2. The minimum Gasteiger partial charge on any atom is -0.348 e. The molecule has 0 radical (unpaired) electrons. The molecule has 1 fully saturated rings. The number of amides is 4. The third-order valence-electron chi connectivity index (χ3n) is 5.72. The Labute approximate surface area is 195 Å². The van der Waals surface area contributed by atoms with Crippen LogP contribution in [0, 0.1) is 0 Å². The molecular weight excluding hydrogens is 438 g/mol. The smallest absolute Gasteiger partial charge is 0.331 e. The number of hydrogen-bond donors (Lipinski definition) is 3. The van der Waals surface area contributed by atoms with E-state index < -0.39 is 0 Å². The van der Waals surface area contributed by atoms with Gasteiger partial charge >= 0.3 is 6.03 Å². The van der Waals surface area contributed by atoms with Gasteiger partial charge in [0.25, 0.3) is 5.91 Å². The van der Waals surface area contributed by atoms with Gasteiger partial charge in [0.1, 0.15) is 9.71 Å². The van der Waals surface area contributed by atoms with E-state index in [-0.39, 0.29) is 29.9 Å². The van der Waals surface area contributed by atoms with Gasteiger partial charge in [-0.15, -0.1) is 11.3 Å². The Hall–Kier alpha value is -3.72. The predicted molar refractivity (Wildman–Crippen MR) is 131 cm³/mol. The van der Waals surface area contributed by atoms with E-state index in [2.05, 4.69) is 34.1 Å². The molecule has 0 bridgehead atoms. The molecule has 3 heterocycles. The van der Waals surface area contributed by atoms with E-state index in [0.717, 1.165) is 19.3 Å². The van der Waals surface area contributed by atoms with Crippen molar-refractivity contribution in [3.05, 3.63) is 66.4 Å². The molecule has 0 spiro atoms. The number of anilines is 2. The first kappa shape index (κ1) is 22.5. The summed E-state index contributed by atoms with van der Waals surface area (Å²) in [6.45, 7) is 9.20. The number of pyridine rings is 1. The SMILES string of the molecule is C=CC(=O)NC1CCCC1NC(=O)c1sc2nccc3c2c1NC(=O)N3/C(C=C)=C/C=C\C. The number of thiophene rings is 1. The van der Waals surface area contributed by atoms with Gasteiger partial charge in [0, 0.05) is 18.3 Å². The minimum atomic E-state index is -0.380. The standard InChI is InChI=1S/C24H25N5O3S/c1-4-7-9-14(5-2)29-17-12-13-25-23-19(17)20(28-24(29)32)21(33-23)22(31)27-16-11-8-10-15(16)26-18(30)6-3/h4-7,9,12-13,15-16H,2-3,8,10-11H2,1H3,(H,26,30)(H,27,31)(H,28,32)/b7-4-,14-9+. The summed E-state index contributed by atoms with van der Waals surface area (Å²) in [5.74, 6) is -0.561. The highest BCUT2D eigenvalue weighted by atomic mass is 32.1. The summed E-state index contributed by atoms with van der Waals surface area (Å²) in [6, 6.07) is 1.02. The van der Waals surface area contributed by atoms with Crippen molar-refractivity contribution < 1.29 is 14.4 Å². The highest BCUT2D eigenvalue weighted by Gasteiger charge is 2.35. The summed E-state index contributed by atoms with van der Waals surface area (Å²) in [5, 5.41) is 9.50. The van der Waals surface area contributed by atoms with Crippen molar-refractivity contribution in [1.82, 2.24) is 15.6 Å². The third-order valence-corrected chi connectivity index (χ3v) is 6.82. The van der Waals surface area contributed by atoms with E-state index in [9.17, 15) is 14.4 Å². The molecule has 8 nitrogen and oxygen atoms in total. The molecule has 0 saturated heterocycles. The molecule has 1 aliphatic heterocycles. The van der Waals surface area contributed by atoms with E-state index in [4.69, 9.17) is 0 Å². The van der Waals surface area contributed by atoms with Crippen molar-refractivity contribution in [3.8, 4) is 0 Å². The lowest BCUT2D eigenvalue weighted by Crippen LogP contribution is -2.48. The molecule has 33 heavy (non-hydrogen) atoms. The number of urea groups is 1. The first-order valence-corrected chi connectivity index (χ1v) is 11.5. The van der Waals surface area contributed by atoms with E-state index in [1.165, 1.54) is 22.3 Å². The second kappa shape index (κ2) is 9.41. The maximum atomic E-state index is 13.2. The summed E-state index contributed by atoms with van der Waals surface area (Å²) in [6.07, 6.45) is 12.4. The molecule has 2 unspecified atom stereocenters. The van der Waals surface area contributed by atoms with Crippen LogP contribution in [0.4, 0.5) is 16.2 Å². The number of aromatic nitrogens is 1. The van der Waals surface area contributed by atoms with Gasteiger partial charge < -0.3 is 16.0 Å². The second-order valence-corrected chi connectivity index (χ2v) is 8.73. The summed E-state index contributed by atoms with van der Waals surface area (Å²) < 4.78 is 0. The molecule has 4 amide bonds. The van der Waals surface area contributed by atoms with Crippen molar-refractivity contribution in [2.45, 2.75) is 38.3 Å². The van der Waals surface area contributed by atoms with Gasteiger partial charge in [-0.3, -0.25) is 14.5 Å². The number of carbonyl (C=O) groups excluding carboxylic acids is 3. The molecule has 1 aliphatic carbocycles. The quantitative estimate of drug-likeness (QED) is 0.422. The zero-order valence-corrected chi connectivity index (χ0v) is 19.1. The summed E-state index contributed by atoms with van der Waals surface area (Å²) in [7, 11) is 0. The highest BCUT2D eigenvalue weighted by molar-refractivity contribution is 7.21. The molecule has 2 aliphatic rings. The van der Waals surface area contributed by atoms with Gasteiger partial charge in [-0.05, 0) is 50.5 Å². The number of rotatable bonds is 7. The Morgan fingerprint density at radius 1 is 1.24 bits per heavy atom. The van der Waals surface area contributed by atoms with Gasteiger partial charge in [-0.25, -0.2) is 9.78 Å². The average Bonchev–Trinajstić information content (AvgIpc) is 3.40. The van der Waals surface area contributed by atoms with Gasteiger partial charge in [-0.2, -0.15) is 0 Å². The van der Waals surface area contributed by atoms with Crippen molar-refractivity contribution in [2.24, 2.45) is 0 Å². The third kappa shape index (κ3) is 4.19. The number of allylic oxidation sites excluding steroid dienone is 4. The van der Waals surface area contributed by atoms with Crippen molar-refractivity contribution in [1.29, 1.82) is 0 Å². The first-order chi connectivity index (χ1) is 16.0. The van der Waals surface area contributed by atoms with E-state index in [1.807, 2.05) is 19.1 Å². The second-order valence-electron chi connectivity index (χ2n) is 7.73. The van der Waals surface area contributed by atoms with Crippen LogP contribution in [0.1, 0.15) is 35.9 Å². The summed E-state index contributed by atoms with van der Waals surface area (Å²) >= 11 is 1.23. The van der Waals surface area contributed by atoms with Gasteiger partial charge in [0.15, 0.2) is 0 Å². The fourth-order valence-corrected chi connectivity index (χ4v) is 5.23. The van der Waals surface area contributed by atoms with Gasteiger partial charge in [-0.1, -0.05) is 25.3 Å². The van der Waals surface area contributed by atoms with Crippen LogP contribution in [0.15, 0.2) is 61.5 Å². The number of hydrogen-bond acceptors (Lipinski definition) is 5. The molecule has 170 valence electrons. The lowest BCUT2D eigenvalue weighted by Gasteiger charge is -2.29. The summed E-state index contributed by atoms with van der Waals surface area (Å²) in [4.78, 5) is 45.0. The van der Waals surface area contributed by atoms with Crippen LogP contribution >= 0.6 is 11.3 Å². The lowest BCUT2D eigenvalue weighted by atomic mass is 10.1. The van der Waals surface area contributed by atoms with Crippen LogP contribution < -0.4 is 20.9 Å². The largest absolute Gasteiger partial charge is 0.348 e. The Bertz CT molecular complexity index is 1210. The fraction of sp³-hybridized carbons (Fsp3) is 0.250. The Morgan fingerprint density at radius 2 is 2.00 bits per heavy atom. The van der Waals surface area contributed by atoms with E-state index in [1.54, 1.807) is 24.4 Å². The Morgan fingerprint density at radius 3 is 2.70 bits per heavy atom. The van der Waals surface area contributed by atoms with Crippen LogP contribution in [0.25, 0.3) is 10.2 Å². The molecule has 4 rings (SSSR count). The molecule has 2 aromatic rings. The average molecular weight is 464 g/mol. The minimum absolute atomic E-state index is 0.157. The molecule has 3 N–H and O–H groups in total. The molecule has 1 saturated carbocycles. The number of carbonyl (C=O) groups is 3. The Kier molecular flexibility index (Phi) is 6.41. The topological polar surface area (TPSA) is 103 Å². The maximum Gasteiger partial charge on any atom is 0.331 e. The van der Waals surface area contributed by atoms with Crippen LogP contribution in [0.3, 0.4) is 0 Å². The first-order valence-electron chi connectivity index (χ1n) is 10.7. The molecule has 0 aromatic carbocycles. The van der Waals surface area contributed by atoms with Crippen LogP contribution in [0.2, 0.25) is 0 Å². The van der Waals surface area contributed by atoms with E-state index in [0.29, 0.717) is 32.2 Å². The predicted octanol–water partition coefficient (Wildman–Crippen LogP) is 4.25. The van der Waals surface area contributed by atoms with Gasteiger partial charge in [0.05, 0.1) is 22.5 Å². The monoisotopic (exact) mass is 463 g/mol. The zero-order valence-electron chi connectivity index (χ0n) is 18.3. The Balaban J connectivity index is 1.68. The number of nitrogens with one attached hydrogen (secondary N) is 3. The van der Waals surface area contributed by atoms with Crippen molar-refractivity contribution in [3.63, 3.8) is 0 Å². The normalized spacial score (nSPS) is 20.1. The molecule has 2 atom stereocenters. The molecule has 2 aromatic heterocycles. The maximum absolute atomic E-state index is 13.2. The van der Waals surface area contributed by atoms with Gasteiger partial charge in [0.2, 0.25) is 5.91 Å². The van der Waals surface area contributed by atoms with Crippen molar-refractivity contribution in [2.75, 3.05) is 10.2 Å². The highest BCUT2D eigenvalue weighted by Crippen LogP contribution is 2.44.